The third-order valence-corrected chi connectivity index (χ3v) is 5.79. The lowest BCUT2D eigenvalue weighted by Gasteiger charge is -2.31. The third-order valence-electron chi connectivity index (χ3n) is 5.79. The van der Waals surface area contributed by atoms with Crippen LogP contribution in [-0.2, 0) is 27.3 Å². The number of carbonyl (C=O) groups is 2. The van der Waals surface area contributed by atoms with Crippen LogP contribution >= 0.6 is 0 Å². The first-order chi connectivity index (χ1) is 14.5. The van der Waals surface area contributed by atoms with Crippen LogP contribution in [0.3, 0.4) is 0 Å². The Kier molecular flexibility index (Phi) is 5.67. The fraction of sp³-hybridized carbons (Fsp3) is 0.409. The Morgan fingerprint density at radius 2 is 1.97 bits per heavy atom. The summed E-state index contributed by atoms with van der Waals surface area (Å²) in [6, 6.07) is 7.31. The molecule has 1 fully saturated rings. The van der Waals surface area contributed by atoms with E-state index >= 15 is 0 Å². The van der Waals surface area contributed by atoms with Crippen molar-refractivity contribution in [2.45, 2.75) is 19.4 Å². The van der Waals surface area contributed by atoms with E-state index in [1.807, 2.05) is 0 Å². The van der Waals surface area contributed by atoms with Crippen molar-refractivity contribution in [3.05, 3.63) is 63.8 Å². The minimum Gasteiger partial charge on any atom is -0.383 e. The second-order valence-electron chi connectivity index (χ2n) is 7.75. The Bertz CT molecular complexity index is 1020. The Morgan fingerprint density at radius 1 is 1.20 bits per heavy atom. The zero-order valence-electron chi connectivity index (χ0n) is 16.8. The average Bonchev–Trinajstić information content (AvgIpc) is 3.12. The monoisotopic (exact) mass is 413 g/mol. The summed E-state index contributed by atoms with van der Waals surface area (Å²) in [5.74, 6) is -0.771. The van der Waals surface area contributed by atoms with Gasteiger partial charge in [0.1, 0.15) is 5.82 Å². The highest BCUT2D eigenvalue weighted by Crippen LogP contribution is 2.24. The number of hydrogen-bond acceptors (Lipinski definition) is 4. The lowest BCUT2D eigenvalue weighted by molar-refractivity contribution is -0.136. The van der Waals surface area contributed by atoms with Gasteiger partial charge in [-0.2, -0.15) is 0 Å². The van der Waals surface area contributed by atoms with Crippen LogP contribution in [0.1, 0.15) is 17.5 Å². The van der Waals surface area contributed by atoms with Gasteiger partial charge in [-0.3, -0.25) is 19.0 Å². The molecule has 1 aromatic heterocycles. The highest BCUT2D eigenvalue weighted by atomic mass is 19.1. The van der Waals surface area contributed by atoms with Crippen molar-refractivity contribution >= 4 is 11.8 Å². The van der Waals surface area contributed by atoms with E-state index in [0.717, 1.165) is 11.1 Å². The van der Waals surface area contributed by atoms with E-state index in [-0.39, 0.29) is 35.5 Å². The number of benzene rings is 1. The molecule has 1 saturated heterocycles. The minimum atomic E-state index is -0.368. The van der Waals surface area contributed by atoms with E-state index in [4.69, 9.17) is 4.74 Å². The molecule has 2 amide bonds. The Morgan fingerprint density at radius 3 is 2.70 bits per heavy atom. The standard InChI is InChI=1S/C22H24FN3O4/c1-30-9-8-24-12-16(11-20(24)27)22(29)25-7-6-15-10-21(28)26(14-17(15)13-25)19-4-2-18(23)3-5-19/h2-5,10,14,16H,6-9,11-13H2,1H3. The SMILES string of the molecule is COCCN1CC(C(=O)N2CCc3cc(=O)n(-c4ccc(F)cc4)cc3C2)CC1=O. The zero-order chi connectivity index (χ0) is 21.3. The molecule has 30 heavy (non-hydrogen) atoms. The maximum absolute atomic E-state index is 13.2. The van der Waals surface area contributed by atoms with Crippen LogP contribution in [-0.4, -0.2) is 59.5 Å². The molecule has 2 aromatic rings. The average molecular weight is 413 g/mol. The van der Waals surface area contributed by atoms with Crippen LogP contribution in [0.15, 0.2) is 41.3 Å². The second kappa shape index (κ2) is 8.39. The maximum Gasteiger partial charge on any atom is 0.255 e. The first kappa shape index (κ1) is 20.3. The van der Waals surface area contributed by atoms with Crippen molar-refractivity contribution in [2.75, 3.05) is 33.4 Å². The molecule has 0 radical (unpaired) electrons. The second-order valence-corrected chi connectivity index (χ2v) is 7.75. The number of hydrogen-bond donors (Lipinski definition) is 0. The maximum atomic E-state index is 13.2. The number of likely N-dealkylation sites (tertiary alicyclic amines) is 1. The Labute approximate surface area is 173 Å². The number of ether oxygens (including phenoxy) is 1. The van der Waals surface area contributed by atoms with Crippen LogP contribution in [0.5, 0.6) is 0 Å². The normalized spacial score (nSPS) is 18.6. The largest absolute Gasteiger partial charge is 0.383 e. The highest BCUT2D eigenvalue weighted by molar-refractivity contribution is 5.89. The molecule has 4 rings (SSSR count). The number of rotatable bonds is 5. The van der Waals surface area contributed by atoms with Gasteiger partial charge in [0.25, 0.3) is 5.56 Å². The summed E-state index contributed by atoms with van der Waals surface area (Å²) in [5, 5.41) is 0. The summed E-state index contributed by atoms with van der Waals surface area (Å²) in [7, 11) is 1.58. The van der Waals surface area contributed by atoms with E-state index in [1.54, 1.807) is 41.3 Å². The van der Waals surface area contributed by atoms with Crippen molar-refractivity contribution < 1.29 is 18.7 Å². The van der Waals surface area contributed by atoms with Gasteiger partial charge < -0.3 is 14.5 Å². The zero-order valence-corrected chi connectivity index (χ0v) is 16.8. The minimum absolute atomic E-state index is 0.0204. The van der Waals surface area contributed by atoms with E-state index in [9.17, 15) is 18.8 Å². The number of carbonyl (C=O) groups excluding carboxylic acids is 2. The lowest BCUT2D eigenvalue weighted by atomic mass is 9.99. The summed E-state index contributed by atoms with van der Waals surface area (Å²) in [6.07, 6.45) is 2.55. The summed E-state index contributed by atoms with van der Waals surface area (Å²) in [6.45, 7) is 2.27. The van der Waals surface area contributed by atoms with Crippen LogP contribution in [0.4, 0.5) is 4.39 Å². The number of nitrogens with zero attached hydrogens (tertiary/aromatic N) is 3. The Hall–Kier alpha value is -3.00. The highest BCUT2D eigenvalue weighted by Gasteiger charge is 2.37. The topological polar surface area (TPSA) is 71.8 Å². The van der Waals surface area contributed by atoms with Crippen molar-refractivity contribution in [2.24, 2.45) is 5.92 Å². The predicted molar refractivity (Wildman–Crippen MR) is 108 cm³/mol. The van der Waals surface area contributed by atoms with Crippen molar-refractivity contribution in [1.82, 2.24) is 14.4 Å². The van der Waals surface area contributed by atoms with Gasteiger partial charge in [-0.1, -0.05) is 0 Å². The van der Waals surface area contributed by atoms with E-state index in [2.05, 4.69) is 0 Å². The van der Waals surface area contributed by atoms with E-state index < -0.39 is 0 Å². The molecule has 0 bridgehead atoms. The fourth-order valence-corrected chi connectivity index (χ4v) is 4.13. The summed E-state index contributed by atoms with van der Waals surface area (Å²) < 4.78 is 19.7. The van der Waals surface area contributed by atoms with E-state index in [0.29, 0.717) is 44.9 Å². The molecule has 1 atom stereocenters. The molecule has 2 aliphatic rings. The number of pyridine rings is 1. The molecule has 7 nitrogen and oxygen atoms in total. The van der Waals surface area contributed by atoms with Crippen LogP contribution in [0.2, 0.25) is 0 Å². The number of fused-ring (bicyclic) bond motifs is 1. The number of methoxy groups -OCH3 is 1. The van der Waals surface area contributed by atoms with Crippen LogP contribution < -0.4 is 5.56 Å². The van der Waals surface area contributed by atoms with Gasteiger partial charge in [-0.05, 0) is 41.8 Å². The first-order valence-electron chi connectivity index (χ1n) is 10.0. The molecule has 0 spiro atoms. The van der Waals surface area contributed by atoms with Gasteiger partial charge in [-0.25, -0.2) is 4.39 Å². The van der Waals surface area contributed by atoms with Gasteiger partial charge in [-0.15, -0.1) is 0 Å². The quantitative estimate of drug-likeness (QED) is 0.742. The molecule has 3 heterocycles. The van der Waals surface area contributed by atoms with Crippen LogP contribution in [0, 0.1) is 11.7 Å². The van der Waals surface area contributed by atoms with Crippen LogP contribution in [0.25, 0.3) is 5.69 Å². The number of amides is 2. The molecular formula is C22H24FN3O4. The van der Waals surface area contributed by atoms with Crippen molar-refractivity contribution in [3.8, 4) is 5.69 Å². The fourth-order valence-electron chi connectivity index (χ4n) is 4.13. The van der Waals surface area contributed by atoms with Gasteiger partial charge in [0.2, 0.25) is 11.8 Å². The smallest absolute Gasteiger partial charge is 0.255 e. The van der Waals surface area contributed by atoms with Crippen molar-refractivity contribution in [1.29, 1.82) is 0 Å². The van der Waals surface area contributed by atoms with Gasteiger partial charge in [0.05, 0.1) is 12.5 Å². The molecule has 1 unspecified atom stereocenters. The third kappa shape index (κ3) is 4.00. The molecule has 158 valence electrons. The lowest BCUT2D eigenvalue weighted by Crippen LogP contribution is -2.41. The molecule has 1 aromatic carbocycles. The van der Waals surface area contributed by atoms with Gasteiger partial charge in [0.15, 0.2) is 0 Å². The molecule has 0 aliphatic carbocycles. The molecule has 8 heteroatoms. The molecular weight excluding hydrogens is 389 g/mol. The predicted octanol–water partition coefficient (Wildman–Crippen LogP) is 1.36. The molecule has 0 N–H and O–H groups in total. The first-order valence-corrected chi connectivity index (χ1v) is 10.0. The molecule has 2 aliphatic heterocycles. The summed E-state index contributed by atoms with van der Waals surface area (Å²) in [5.41, 5.74) is 2.20. The molecule has 0 saturated carbocycles. The number of halogens is 1. The summed E-state index contributed by atoms with van der Waals surface area (Å²) in [4.78, 5) is 41.1. The van der Waals surface area contributed by atoms with Crippen molar-refractivity contribution in [3.63, 3.8) is 0 Å². The van der Waals surface area contributed by atoms with Gasteiger partial charge >= 0.3 is 0 Å². The Balaban J connectivity index is 1.51. The summed E-state index contributed by atoms with van der Waals surface area (Å²) >= 11 is 0. The van der Waals surface area contributed by atoms with E-state index in [1.165, 1.54) is 16.7 Å². The van der Waals surface area contributed by atoms with Gasteiger partial charge in [0, 0.05) is 57.7 Å². The number of aromatic nitrogens is 1.